The Morgan fingerprint density at radius 3 is 1.77 bits per heavy atom. The van der Waals surface area contributed by atoms with Crippen molar-refractivity contribution in [3.05, 3.63) is 24.3 Å². The Labute approximate surface area is 135 Å². The summed E-state index contributed by atoms with van der Waals surface area (Å²) in [5.74, 6) is 0. The van der Waals surface area contributed by atoms with Crippen LogP contribution < -0.4 is 10.8 Å². The Bertz CT molecular complexity index is 467. The van der Waals surface area contributed by atoms with E-state index >= 15 is 0 Å². The van der Waals surface area contributed by atoms with E-state index in [1.54, 1.807) is 0 Å². The Balaban J connectivity index is 2.12. The highest BCUT2D eigenvalue weighted by Crippen LogP contribution is 2.38. The molecule has 0 unspecified atom stereocenters. The van der Waals surface area contributed by atoms with E-state index in [-0.39, 0.29) is 18.3 Å². The molecule has 0 bridgehead atoms. The van der Waals surface area contributed by atoms with Crippen LogP contribution in [0.25, 0.3) is 0 Å². The van der Waals surface area contributed by atoms with Crippen LogP contribution in [0.5, 0.6) is 0 Å². The van der Waals surface area contributed by atoms with Crippen molar-refractivity contribution in [1.29, 1.82) is 0 Å². The third-order valence-corrected chi connectivity index (χ3v) is 5.83. The molecular weight excluding hydrogens is 298 g/mol. The van der Waals surface area contributed by atoms with Crippen molar-refractivity contribution >= 4 is 26.3 Å². The highest BCUT2D eigenvalue weighted by Gasteiger charge is 2.51. The van der Waals surface area contributed by atoms with Crippen LogP contribution in [0.3, 0.4) is 0 Å². The predicted molar refractivity (Wildman–Crippen MR) is 92.0 cm³/mol. The van der Waals surface area contributed by atoms with Gasteiger partial charge in [0.05, 0.1) is 24.4 Å². The Morgan fingerprint density at radius 2 is 1.36 bits per heavy atom. The molecule has 1 aromatic rings. The molecule has 6 heteroatoms. The van der Waals surface area contributed by atoms with E-state index in [4.69, 9.17) is 18.4 Å². The molecule has 0 aliphatic carbocycles. The number of hydrogen-bond acceptors (Lipinski definition) is 4. The van der Waals surface area contributed by atoms with Crippen molar-refractivity contribution in [2.75, 3.05) is 13.2 Å². The third kappa shape index (κ3) is 3.72. The monoisotopic (exact) mass is 324 g/mol. The normalized spacial score (nSPS) is 19.9. The van der Waals surface area contributed by atoms with E-state index < -0.39 is 8.38 Å². The minimum atomic E-state index is -1.00. The van der Waals surface area contributed by atoms with Gasteiger partial charge in [-0.1, -0.05) is 24.3 Å². The van der Waals surface area contributed by atoms with Gasteiger partial charge in [-0.2, -0.15) is 0 Å². The van der Waals surface area contributed by atoms with Crippen molar-refractivity contribution in [3.8, 4) is 0 Å². The zero-order chi connectivity index (χ0) is 16.4. The van der Waals surface area contributed by atoms with Crippen molar-refractivity contribution in [2.24, 2.45) is 0 Å². The van der Waals surface area contributed by atoms with E-state index in [1.807, 2.05) is 38.1 Å². The first-order valence-electron chi connectivity index (χ1n) is 7.82. The van der Waals surface area contributed by atoms with Gasteiger partial charge in [0.2, 0.25) is 8.38 Å². The molecule has 0 saturated carbocycles. The lowest BCUT2D eigenvalue weighted by atomic mass is 9.79. The number of hydrogen-bond donors (Lipinski definition) is 0. The summed E-state index contributed by atoms with van der Waals surface area (Å²) in [5, 5.41) is 1.07. The fraction of sp³-hybridized carbons (Fsp3) is 0.625. The topological polar surface area (TPSA) is 36.9 Å². The molecule has 4 nitrogen and oxygen atoms in total. The summed E-state index contributed by atoms with van der Waals surface area (Å²) >= 11 is 0. The van der Waals surface area contributed by atoms with Crippen LogP contribution in [0.15, 0.2) is 24.3 Å². The van der Waals surface area contributed by atoms with Crippen LogP contribution in [0, 0.1) is 0 Å². The maximum atomic E-state index is 6.07. The second-order valence-corrected chi connectivity index (χ2v) is 7.82. The summed E-state index contributed by atoms with van der Waals surface area (Å²) in [6.07, 6.45) is 0. The summed E-state index contributed by atoms with van der Waals surface area (Å²) in [4.78, 5) is 0. The minimum Gasteiger partial charge on any atom is -0.399 e. The molecule has 0 radical (unpaired) electrons. The molecule has 1 aromatic carbocycles. The molecule has 0 spiro atoms. The lowest BCUT2D eigenvalue weighted by Gasteiger charge is -2.32. The molecule has 0 atom stereocenters. The van der Waals surface area contributed by atoms with Crippen molar-refractivity contribution in [2.45, 2.75) is 52.7 Å². The van der Waals surface area contributed by atoms with Gasteiger partial charge in [-0.3, -0.25) is 0 Å². The van der Waals surface area contributed by atoms with E-state index in [0.29, 0.717) is 13.2 Å². The average Bonchev–Trinajstić information content (AvgIpc) is 2.67. The zero-order valence-corrected chi connectivity index (χ0v) is 15.3. The van der Waals surface area contributed by atoms with Gasteiger partial charge in [-0.15, -0.1) is 0 Å². The van der Waals surface area contributed by atoms with E-state index in [0.717, 1.165) is 10.8 Å². The Hall–Kier alpha value is -0.445. The van der Waals surface area contributed by atoms with Gasteiger partial charge in [0.1, 0.15) is 0 Å². The van der Waals surface area contributed by atoms with Crippen LogP contribution in [-0.2, 0) is 18.4 Å². The number of benzene rings is 1. The zero-order valence-electron chi connectivity index (χ0n) is 14.4. The second-order valence-electron chi connectivity index (χ2n) is 6.27. The molecule has 1 saturated heterocycles. The molecule has 0 amide bonds. The predicted octanol–water partition coefficient (Wildman–Crippen LogP) is 3.00. The highest BCUT2D eigenvalue weighted by atomic mass is 31.2. The number of rotatable bonds is 6. The van der Waals surface area contributed by atoms with Gasteiger partial charge in [-0.25, -0.2) is 0 Å². The van der Waals surface area contributed by atoms with Gasteiger partial charge >= 0.3 is 7.12 Å². The van der Waals surface area contributed by atoms with E-state index in [9.17, 15) is 0 Å². The van der Waals surface area contributed by atoms with Crippen LogP contribution in [0.4, 0.5) is 0 Å². The summed E-state index contributed by atoms with van der Waals surface area (Å²) < 4.78 is 23.5. The SMILES string of the molecule is CCOP(OCC)c1ccc(B2OC(C)(C)C(C)(C)O2)cc1. The van der Waals surface area contributed by atoms with Gasteiger partial charge in [-0.05, 0) is 47.0 Å². The molecule has 122 valence electrons. The Morgan fingerprint density at radius 1 is 0.909 bits per heavy atom. The lowest BCUT2D eigenvalue weighted by Crippen LogP contribution is -2.41. The van der Waals surface area contributed by atoms with Crippen LogP contribution >= 0.6 is 8.38 Å². The summed E-state index contributed by atoms with van der Waals surface area (Å²) in [7, 11) is -1.33. The summed E-state index contributed by atoms with van der Waals surface area (Å²) in [5.41, 5.74) is 0.379. The first-order chi connectivity index (χ1) is 10.3. The molecule has 2 rings (SSSR count). The highest BCUT2D eigenvalue weighted by molar-refractivity contribution is 7.56. The molecule has 1 aliphatic rings. The summed E-state index contributed by atoms with van der Waals surface area (Å²) in [6.45, 7) is 13.5. The molecule has 0 aromatic heterocycles. The standard InChI is InChI=1S/C16H26BO4P/c1-7-18-22(19-8-2)14-11-9-13(10-12-14)17-20-15(3,4)16(5,6)21-17/h9-12H,7-8H2,1-6H3. The van der Waals surface area contributed by atoms with Crippen LogP contribution in [-0.4, -0.2) is 31.5 Å². The third-order valence-electron chi connectivity index (χ3n) is 4.12. The fourth-order valence-electron chi connectivity index (χ4n) is 2.15. The van der Waals surface area contributed by atoms with Crippen molar-refractivity contribution in [1.82, 2.24) is 0 Å². The molecule has 0 N–H and O–H groups in total. The molecular formula is C16H26BO4P. The average molecular weight is 324 g/mol. The second kappa shape index (κ2) is 6.98. The maximum absolute atomic E-state index is 6.07. The van der Waals surface area contributed by atoms with Gasteiger partial charge in [0, 0.05) is 5.30 Å². The first-order valence-corrected chi connectivity index (χ1v) is 9.00. The van der Waals surface area contributed by atoms with Crippen molar-refractivity contribution in [3.63, 3.8) is 0 Å². The molecule has 22 heavy (non-hydrogen) atoms. The van der Waals surface area contributed by atoms with E-state index in [1.165, 1.54) is 0 Å². The molecule has 1 fully saturated rings. The van der Waals surface area contributed by atoms with Gasteiger partial charge < -0.3 is 18.4 Å². The van der Waals surface area contributed by atoms with Gasteiger partial charge in [0.15, 0.2) is 0 Å². The maximum Gasteiger partial charge on any atom is 0.494 e. The molecule has 1 heterocycles. The van der Waals surface area contributed by atoms with Crippen molar-refractivity contribution < 1.29 is 18.4 Å². The van der Waals surface area contributed by atoms with Gasteiger partial charge in [0.25, 0.3) is 0 Å². The smallest absolute Gasteiger partial charge is 0.399 e. The quantitative estimate of drug-likeness (QED) is 0.595. The Kier molecular flexibility index (Phi) is 5.68. The minimum absolute atomic E-state index is 0.320. The lowest BCUT2D eigenvalue weighted by molar-refractivity contribution is 0.00578. The summed E-state index contributed by atoms with van der Waals surface area (Å²) in [6, 6.07) is 8.14. The largest absolute Gasteiger partial charge is 0.494 e. The van der Waals surface area contributed by atoms with Crippen LogP contribution in [0.1, 0.15) is 41.5 Å². The molecule has 1 aliphatic heterocycles. The van der Waals surface area contributed by atoms with E-state index in [2.05, 4.69) is 27.7 Å². The van der Waals surface area contributed by atoms with Crippen LogP contribution in [0.2, 0.25) is 0 Å². The fourth-order valence-corrected chi connectivity index (χ4v) is 3.39. The first kappa shape index (κ1) is 17.9.